The van der Waals surface area contributed by atoms with E-state index in [-0.39, 0.29) is 10.7 Å². The van der Waals surface area contributed by atoms with Gasteiger partial charge in [-0.05, 0) is 71.4 Å². The van der Waals surface area contributed by atoms with E-state index in [2.05, 4.69) is 26.0 Å². The summed E-state index contributed by atoms with van der Waals surface area (Å²) in [5, 5.41) is 2.60. The molecule has 1 aromatic heterocycles. The number of sulfonamides is 1. The Morgan fingerprint density at radius 1 is 1.11 bits per heavy atom. The number of ether oxygens (including phenoxy) is 1. The summed E-state index contributed by atoms with van der Waals surface area (Å²) in [5.41, 5.74) is 0.706. The maximum atomic E-state index is 12.7. The Balaban J connectivity index is 1.78. The minimum absolute atomic E-state index is 0.00903. The molecule has 146 valence electrons. The molecule has 0 saturated heterocycles. The van der Waals surface area contributed by atoms with Crippen molar-refractivity contribution in [3.63, 3.8) is 0 Å². The lowest BCUT2D eigenvalue weighted by molar-refractivity contribution is 0.0996. The molecule has 3 aromatic rings. The molecule has 0 saturated carbocycles. The Labute approximate surface area is 170 Å². The van der Waals surface area contributed by atoms with E-state index in [1.54, 1.807) is 36.4 Å². The van der Waals surface area contributed by atoms with Crippen LogP contribution in [0.2, 0.25) is 0 Å². The van der Waals surface area contributed by atoms with E-state index in [1.165, 1.54) is 24.5 Å². The first kappa shape index (κ1) is 20.0. The van der Waals surface area contributed by atoms with E-state index in [4.69, 9.17) is 9.15 Å². The predicted octanol–water partition coefficient (Wildman–Crippen LogP) is 4.49. The normalized spacial score (nSPS) is 11.1. The van der Waals surface area contributed by atoms with Gasteiger partial charge in [0, 0.05) is 5.69 Å². The van der Waals surface area contributed by atoms with Gasteiger partial charge in [-0.2, -0.15) is 0 Å². The molecule has 2 aromatic carbocycles. The average molecular weight is 465 g/mol. The maximum absolute atomic E-state index is 12.7. The van der Waals surface area contributed by atoms with Crippen molar-refractivity contribution in [2.24, 2.45) is 0 Å². The molecule has 0 aliphatic carbocycles. The van der Waals surface area contributed by atoms with Crippen LogP contribution in [0.15, 0.2) is 74.6 Å². The van der Waals surface area contributed by atoms with E-state index >= 15 is 0 Å². The van der Waals surface area contributed by atoms with Gasteiger partial charge in [0.15, 0.2) is 5.76 Å². The predicted molar refractivity (Wildman–Crippen MR) is 109 cm³/mol. The highest BCUT2D eigenvalue weighted by atomic mass is 79.9. The van der Waals surface area contributed by atoms with Crippen LogP contribution < -0.4 is 14.8 Å². The molecule has 0 spiro atoms. The third-order valence-electron chi connectivity index (χ3n) is 3.63. The van der Waals surface area contributed by atoms with Crippen molar-refractivity contribution in [3.8, 4) is 5.75 Å². The molecular formula is C19H17BrN2O5S. The molecule has 28 heavy (non-hydrogen) atoms. The molecule has 0 aliphatic rings. The first-order chi connectivity index (χ1) is 13.4. The van der Waals surface area contributed by atoms with E-state index in [9.17, 15) is 13.2 Å². The molecular weight excluding hydrogens is 448 g/mol. The Kier molecular flexibility index (Phi) is 6.05. The maximum Gasteiger partial charge on any atom is 0.291 e. The smallest absolute Gasteiger partial charge is 0.291 e. The second-order valence-electron chi connectivity index (χ2n) is 5.64. The number of anilines is 2. The van der Waals surface area contributed by atoms with Crippen molar-refractivity contribution in [2.45, 2.75) is 11.8 Å². The number of hydrogen-bond acceptors (Lipinski definition) is 5. The fraction of sp³-hybridized carbons (Fsp3) is 0.105. The van der Waals surface area contributed by atoms with Crippen molar-refractivity contribution in [2.75, 3.05) is 16.6 Å². The minimum atomic E-state index is -3.85. The van der Waals surface area contributed by atoms with E-state index in [0.717, 1.165) is 0 Å². The summed E-state index contributed by atoms with van der Waals surface area (Å²) >= 11 is 3.35. The average Bonchev–Trinajstić information content (AvgIpc) is 3.19. The summed E-state index contributed by atoms with van der Waals surface area (Å²) in [6.07, 6.45) is 1.38. The molecule has 1 amide bonds. The second kappa shape index (κ2) is 8.49. The number of benzene rings is 2. The van der Waals surface area contributed by atoms with Crippen molar-refractivity contribution in [1.82, 2.24) is 0 Å². The number of carbonyl (C=O) groups is 1. The lowest BCUT2D eigenvalue weighted by Gasteiger charge is -2.12. The van der Waals surface area contributed by atoms with Gasteiger partial charge in [-0.25, -0.2) is 8.42 Å². The van der Waals surface area contributed by atoms with E-state index in [0.29, 0.717) is 28.2 Å². The molecule has 7 nitrogen and oxygen atoms in total. The van der Waals surface area contributed by atoms with Gasteiger partial charge in [-0.3, -0.25) is 9.52 Å². The summed E-state index contributed by atoms with van der Waals surface area (Å²) in [6, 6.07) is 13.9. The number of rotatable bonds is 7. The first-order valence-electron chi connectivity index (χ1n) is 8.29. The van der Waals surface area contributed by atoms with Gasteiger partial charge in [0.2, 0.25) is 0 Å². The van der Waals surface area contributed by atoms with Crippen LogP contribution in [0.4, 0.5) is 11.4 Å². The van der Waals surface area contributed by atoms with Gasteiger partial charge in [0.25, 0.3) is 15.9 Å². The fourth-order valence-corrected chi connectivity index (χ4v) is 3.98. The number of carbonyl (C=O) groups excluding carboxylic acids is 1. The fourth-order valence-electron chi connectivity index (χ4n) is 2.39. The van der Waals surface area contributed by atoms with Crippen LogP contribution in [0.25, 0.3) is 0 Å². The second-order valence-corrected chi connectivity index (χ2v) is 8.18. The highest BCUT2D eigenvalue weighted by molar-refractivity contribution is 9.10. The Bertz CT molecular complexity index is 1080. The van der Waals surface area contributed by atoms with Gasteiger partial charge in [0.1, 0.15) is 5.75 Å². The van der Waals surface area contributed by atoms with E-state index in [1.807, 2.05) is 6.92 Å². The van der Waals surface area contributed by atoms with Crippen molar-refractivity contribution in [3.05, 3.63) is 71.1 Å². The summed E-state index contributed by atoms with van der Waals surface area (Å²) in [7, 11) is -3.85. The number of amides is 1. The lowest BCUT2D eigenvalue weighted by Crippen LogP contribution is -2.15. The molecule has 0 atom stereocenters. The Morgan fingerprint density at radius 3 is 2.61 bits per heavy atom. The topological polar surface area (TPSA) is 97.6 Å². The zero-order valence-corrected chi connectivity index (χ0v) is 17.2. The van der Waals surface area contributed by atoms with E-state index < -0.39 is 15.9 Å². The summed E-state index contributed by atoms with van der Waals surface area (Å²) in [6.45, 7) is 2.36. The van der Waals surface area contributed by atoms with Crippen LogP contribution in [0.5, 0.6) is 5.75 Å². The third kappa shape index (κ3) is 4.73. The van der Waals surface area contributed by atoms with Crippen LogP contribution >= 0.6 is 15.9 Å². The molecule has 0 aliphatic heterocycles. The highest BCUT2D eigenvalue weighted by Crippen LogP contribution is 2.29. The monoisotopic (exact) mass is 464 g/mol. The Morgan fingerprint density at radius 2 is 1.93 bits per heavy atom. The molecule has 0 radical (unpaired) electrons. The molecule has 0 fully saturated rings. The summed E-state index contributed by atoms with van der Waals surface area (Å²) < 4.78 is 39.0. The molecule has 9 heteroatoms. The van der Waals surface area contributed by atoms with Gasteiger partial charge < -0.3 is 14.5 Å². The van der Waals surface area contributed by atoms with Crippen molar-refractivity contribution < 1.29 is 22.4 Å². The van der Waals surface area contributed by atoms with Gasteiger partial charge >= 0.3 is 0 Å². The Hall–Kier alpha value is -2.78. The summed E-state index contributed by atoms with van der Waals surface area (Å²) in [5.74, 6) is 0.279. The standard InChI is InChI=1S/C19H17BrN2O5S/c1-2-26-17-9-8-14(12-16(17)20)22-28(24,25)15-6-3-5-13(11-15)21-19(23)18-7-4-10-27-18/h3-12,22H,2H2,1H3,(H,21,23). The van der Waals surface area contributed by atoms with Gasteiger partial charge in [0.05, 0.1) is 27.9 Å². The number of hydrogen-bond donors (Lipinski definition) is 2. The molecule has 0 bridgehead atoms. The summed E-state index contributed by atoms with van der Waals surface area (Å²) in [4.78, 5) is 12.1. The highest BCUT2D eigenvalue weighted by Gasteiger charge is 2.17. The zero-order chi connectivity index (χ0) is 20.1. The first-order valence-corrected chi connectivity index (χ1v) is 10.6. The van der Waals surface area contributed by atoms with Crippen LogP contribution in [-0.2, 0) is 10.0 Å². The quantitative estimate of drug-likeness (QED) is 0.536. The van der Waals surface area contributed by atoms with Gasteiger partial charge in [-0.15, -0.1) is 0 Å². The number of furan rings is 1. The van der Waals surface area contributed by atoms with Crippen LogP contribution in [0.1, 0.15) is 17.5 Å². The minimum Gasteiger partial charge on any atom is -0.493 e. The number of nitrogens with one attached hydrogen (secondary N) is 2. The van der Waals surface area contributed by atoms with Crippen LogP contribution in [-0.4, -0.2) is 20.9 Å². The largest absolute Gasteiger partial charge is 0.493 e. The van der Waals surface area contributed by atoms with Crippen molar-refractivity contribution >= 4 is 43.2 Å². The molecule has 2 N–H and O–H groups in total. The zero-order valence-electron chi connectivity index (χ0n) is 14.8. The van der Waals surface area contributed by atoms with Crippen molar-refractivity contribution in [1.29, 1.82) is 0 Å². The van der Waals surface area contributed by atoms with Gasteiger partial charge in [-0.1, -0.05) is 6.07 Å². The van der Waals surface area contributed by atoms with Crippen LogP contribution in [0.3, 0.4) is 0 Å². The lowest BCUT2D eigenvalue weighted by atomic mass is 10.3. The molecule has 0 unspecified atom stereocenters. The number of halogens is 1. The molecule has 1 heterocycles. The third-order valence-corrected chi connectivity index (χ3v) is 5.63. The SMILES string of the molecule is CCOc1ccc(NS(=O)(=O)c2cccc(NC(=O)c3ccco3)c2)cc1Br. The van der Waals surface area contributed by atoms with Crippen LogP contribution in [0, 0.1) is 0 Å². The molecule has 3 rings (SSSR count).